The van der Waals surface area contributed by atoms with Crippen molar-refractivity contribution in [3.05, 3.63) is 71.5 Å². The van der Waals surface area contributed by atoms with E-state index in [0.29, 0.717) is 5.56 Å². The highest BCUT2D eigenvalue weighted by Crippen LogP contribution is 2.19. The number of rotatable bonds is 4. The third-order valence-corrected chi connectivity index (χ3v) is 4.45. The van der Waals surface area contributed by atoms with Crippen LogP contribution in [0.25, 0.3) is 5.69 Å². The lowest BCUT2D eigenvalue weighted by Gasteiger charge is -2.09. The van der Waals surface area contributed by atoms with Crippen LogP contribution in [0.3, 0.4) is 0 Å². The van der Waals surface area contributed by atoms with E-state index in [1.165, 1.54) is 0 Å². The van der Waals surface area contributed by atoms with Gasteiger partial charge in [0.1, 0.15) is 0 Å². The number of anilines is 1. The summed E-state index contributed by atoms with van der Waals surface area (Å²) in [4.78, 5) is 13.5. The van der Waals surface area contributed by atoms with Gasteiger partial charge in [-0.25, -0.2) is 4.68 Å². The highest BCUT2D eigenvalue weighted by molar-refractivity contribution is 7.98. The molecule has 0 saturated carbocycles. The van der Waals surface area contributed by atoms with E-state index in [1.54, 1.807) is 11.8 Å². The van der Waals surface area contributed by atoms with Crippen molar-refractivity contribution >= 4 is 23.4 Å². The number of nitrogens with zero attached hydrogens (tertiary/aromatic N) is 2. The van der Waals surface area contributed by atoms with Crippen LogP contribution in [0.1, 0.15) is 21.7 Å². The number of amides is 1. The average Bonchev–Trinajstić information content (AvgIpc) is 2.93. The summed E-state index contributed by atoms with van der Waals surface area (Å²) in [6.07, 6.45) is 2.01. The molecular weight excluding hydrogens is 318 g/mol. The van der Waals surface area contributed by atoms with Gasteiger partial charge in [0.05, 0.1) is 11.4 Å². The number of hydrogen-bond acceptors (Lipinski definition) is 3. The molecule has 2 aromatic carbocycles. The van der Waals surface area contributed by atoms with Crippen LogP contribution >= 0.6 is 11.8 Å². The largest absolute Gasteiger partial charge is 0.322 e. The van der Waals surface area contributed by atoms with Crippen LogP contribution in [0.5, 0.6) is 0 Å². The van der Waals surface area contributed by atoms with Gasteiger partial charge in [0.15, 0.2) is 0 Å². The third-order valence-electron chi connectivity index (χ3n) is 3.71. The summed E-state index contributed by atoms with van der Waals surface area (Å²) in [7, 11) is 0. The highest BCUT2D eigenvalue weighted by Gasteiger charge is 2.08. The van der Waals surface area contributed by atoms with Gasteiger partial charge >= 0.3 is 0 Å². The van der Waals surface area contributed by atoms with E-state index in [0.717, 1.165) is 27.7 Å². The number of aromatic nitrogens is 2. The number of nitrogens with one attached hydrogen (secondary N) is 1. The Bertz CT molecular complexity index is 869. The van der Waals surface area contributed by atoms with Gasteiger partial charge < -0.3 is 5.32 Å². The minimum atomic E-state index is -0.117. The normalized spacial score (nSPS) is 10.6. The number of hydrogen-bond donors (Lipinski definition) is 1. The fraction of sp³-hybridized carbons (Fsp3) is 0.158. The maximum absolute atomic E-state index is 12.4. The SMILES string of the molecule is CSc1ccc(C(=O)Nc2cccc(-n3nc(C)cc3C)c2)cc1. The van der Waals surface area contributed by atoms with Gasteiger partial charge in [0.2, 0.25) is 0 Å². The summed E-state index contributed by atoms with van der Waals surface area (Å²) in [6.45, 7) is 3.98. The number of thioether (sulfide) groups is 1. The Morgan fingerprint density at radius 2 is 1.83 bits per heavy atom. The Balaban J connectivity index is 1.81. The number of carbonyl (C=O) groups is 1. The zero-order valence-electron chi connectivity index (χ0n) is 13.9. The molecule has 0 aliphatic heterocycles. The second-order valence-electron chi connectivity index (χ2n) is 5.57. The van der Waals surface area contributed by atoms with Gasteiger partial charge in [0.25, 0.3) is 5.91 Å². The first-order chi connectivity index (χ1) is 11.6. The van der Waals surface area contributed by atoms with Gasteiger partial charge in [-0.1, -0.05) is 6.07 Å². The van der Waals surface area contributed by atoms with Gasteiger partial charge in [-0.2, -0.15) is 5.10 Å². The summed E-state index contributed by atoms with van der Waals surface area (Å²) in [5.41, 5.74) is 4.35. The van der Waals surface area contributed by atoms with E-state index < -0.39 is 0 Å². The number of carbonyl (C=O) groups excluding carboxylic acids is 1. The third kappa shape index (κ3) is 3.51. The molecule has 0 aliphatic rings. The Hall–Kier alpha value is -2.53. The average molecular weight is 337 g/mol. The molecular formula is C19H19N3OS. The zero-order valence-corrected chi connectivity index (χ0v) is 14.7. The second-order valence-corrected chi connectivity index (χ2v) is 6.45. The summed E-state index contributed by atoms with van der Waals surface area (Å²) in [5.74, 6) is -0.117. The molecule has 122 valence electrons. The first kappa shape index (κ1) is 16.3. The second kappa shape index (κ2) is 6.93. The predicted octanol–water partition coefficient (Wildman–Crippen LogP) is 4.46. The van der Waals surface area contributed by atoms with Crippen molar-refractivity contribution in [2.45, 2.75) is 18.7 Å². The van der Waals surface area contributed by atoms with E-state index in [4.69, 9.17) is 0 Å². The van der Waals surface area contributed by atoms with E-state index in [9.17, 15) is 4.79 Å². The van der Waals surface area contributed by atoms with Crippen LogP contribution in [0, 0.1) is 13.8 Å². The Morgan fingerprint density at radius 3 is 2.46 bits per heavy atom. The maximum Gasteiger partial charge on any atom is 0.255 e. The van der Waals surface area contributed by atoms with E-state index in [1.807, 2.05) is 79.4 Å². The standard InChI is InChI=1S/C19H19N3OS/c1-13-11-14(2)22(21-13)17-6-4-5-16(12-17)20-19(23)15-7-9-18(24-3)10-8-15/h4-12H,1-3H3,(H,20,23). The highest BCUT2D eigenvalue weighted by atomic mass is 32.2. The fourth-order valence-corrected chi connectivity index (χ4v) is 2.96. The Kier molecular flexibility index (Phi) is 4.71. The van der Waals surface area contributed by atoms with E-state index in [-0.39, 0.29) is 5.91 Å². The van der Waals surface area contributed by atoms with Crippen LogP contribution in [0.4, 0.5) is 5.69 Å². The zero-order chi connectivity index (χ0) is 17.1. The first-order valence-electron chi connectivity index (χ1n) is 7.66. The molecule has 0 fully saturated rings. The van der Waals surface area contributed by atoms with Crippen molar-refractivity contribution in [3.63, 3.8) is 0 Å². The van der Waals surface area contributed by atoms with Crippen molar-refractivity contribution in [2.75, 3.05) is 11.6 Å². The molecule has 24 heavy (non-hydrogen) atoms. The van der Waals surface area contributed by atoms with Crippen LogP contribution in [-0.4, -0.2) is 21.9 Å². The van der Waals surface area contributed by atoms with Crippen molar-refractivity contribution in [2.24, 2.45) is 0 Å². The van der Waals surface area contributed by atoms with Crippen molar-refractivity contribution < 1.29 is 4.79 Å². The van der Waals surface area contributed by atoms with Crippen molar-refractivity contribution in [1.29, 1.82) is 0 Å². The first-order valence-corrected chi connectivity index (χ1v) is 8.88. The van der Waals surface area contributed by atoms with Gasteiger partial charge in [-0.3, -0.25) is 4.79 Å². The van der Waals surface area contributed by atoms with Crippen LogP contribution < -0.4 is 5.32 Å². The maximum atomic E-state index is 12.4. The summed E-state index contributed by atoms with van der Waals surface area (Å²) >= 11 is 1.65. The lowest BCUT2D eigenvalue weighted by molar-refractivity contribution is 0.102. The smallest absolute Gasteiger partial charge is 0.255 e. The molecule has 3 rings (SSSR count). The Labute approximate surface area is 145 Å². The molecule has 0 saturated heterocycles. The lowest BCUT2D eigenvalue weighted by Crippen LogP contribution is -2.12. The van der Waals surface area contributed by atoms with Crippen molar-refractivity contribution in [1.82, 2.24) is 9.78 Å². The molecule has 0 radical (unpaired) electrons. The summed E-state index contributed by atoms with van der Waals surface area (Å²) < 4.78 is 1.87. The van der Waals surface area contributed by atoms with Crippen molar-refractivity contribution in [3.8, 4) is 5.69 Å². The quantitative estimate of drug-likeness (QED) is 0.715. The molecule has 4 nitrogen and oxygen atoms in total. The van der Waals surface area contributed by atoms with Crippen LogP contribution in [0.2, 0.25) is 0 Å². The van der Waals surface area contributed by atoms with E-state index in [2.05, 4.69) is 10.4 Å². The molecule has 1 N–H and O–H groups in total. The molecule has 5 heteroatoms. The van der Waals surface area contributed by atoms with E-state index >= 15 is 0 Å². The molecule has 0 bridgehead atoms. The molecule has 1 heterocycles. The predicted molar refractivity (Wildman–Crippen MR) is 99.2 cm³/mol. The summed E-state index contributed by atoms with van der Waals surface area (Å²) in [5, 5.41) is 7.42. The molecule has 1 amide bonds. The fourth-order valence-electron chi connectivity index (χ4n) is 2.55. The molecule has 0 spiro atoms. The summed E-state index contributed by atoms with van der Waals surface area (Å²) in [6, 6.07) is 17.3. The molecule has 0 unspecified atom stereocenters. The number of benzene rings is 2. The van der Waals surface area contributed by atoms with Crippen LogP contribution in [-0.2, 0) is 0 Å². The molecule has 3 aromatic rings. The minimum Gasteiger partial charge on any atom is -0.322 e. The minimum absolute atomic E-state index is 0.117. The topological polar surface area (TPSA) is 46.9 Å². The van der Waals surface area contributed by atoms with Gasteiger partial charge in [-0.05, 0) is 68.6 Å². The monoisotopic (exact) mass is 337 g/mol. The van der Waals surface area contributed by atoms with Gasteiger partial charge in [-0.15, -0.1) is 11.8 Å². The van der Waals surface area contributed by atoms with Crippen LogP contribution in [0.15, 0.2) is 59.5 Å². The van der Waals surface area contributed by atoms with Gasteiger partial charge in [0, 0.05) is 21.8 Å². The number of aryl methyl sites for hydroxylation is 2. The molecule has 1 aromatic heterocycles. The Morgan fingerprint density at radius 1 is 1.08 bits per heavy atom. The molecule has 0 aliphatic carbocycles. The lowest BCUT2D eigenvalue weighted by atomic mass is 10.2. The molecule has 0 atom stereocenters.